The molecule has 3 heteroatoms. The van der Waals surface area contributed by atoms with Crippen LogP contribution in [0.3, 0.4) is 0 Å². The lowest BCUT2D eigenvalue weighted by Gasteiger charge is -2.21. The highest BCUT2D eigenvalue weighted by molar-refractivity contribution is 6.30. The topological polar surface area (TPSA) is 35.2 Å². The predicted molar refractivity (Wildman–Crippen MR) is 66.4 cm³/mol. The fourth-order valence-electron chi connectivity index (χ4n) is 1.90. The summed E-state index contributed by atoms with van der Waals surface area (Å²) in [6, 6.07) is 5.68. The van der Waals surface area contributed by atoms with E-state index in [0.29, 0.717) is 0 Å². The lowest BCUT2D eigenvalue weighted by Crippen LogP contribution is -2.18. The van der Waals surface area contributed by atoms with E-state index in [1.165, 1.54) is 0 Å². The SMILES string of the molecule is Cc1cc(Cl)cc(C(N)C2=CCCCO2)c1. The van der Waals surface area contributed by atoms with Crippen molar-refractivity contribution < 1.29 is 4.74 Å². The van der Waals surface area contributed by atoms with Crippen LogP contribution in [0.5, 0.6) is 0 Å². The molecule has 1 unspecified atom stereocenters. The van der Waals surface area contributed by atoms with Crippen molar-refractivity contribution >= 4 is 11.6 Å². The van der Waals surface area contributed by atoms with Gasteiger partial charge in [-0.15, -0.1) is 0 Å². The molecule has 0 saturated carbocycles. The van der Waals surface area contributed by atoms with E-state index >= 15 is 0 Å². The largest absolute Gasteiger partial charge is 0.496 e. The van der Waals surface area contributed by atoms with Gasteiger partial charge >= 0.3 is 0 Å². The molecule has 0 aliphatic carbocycles. The Kier molecular flexibility index (Phi) is 3.52. The van der Waals surface area contributed by atoms with Gasteiger partial charge < -0.3 is 10.5 Å². The lowest BCUT2D eigenvalue weighted by molar-refractivity contribution is 0.176. The van der Waals surface area contributed by atoms with Gasteiger partial charge in [0.2, 0.25) is 0 Å². The second kappa shape index (κ2) is 4.89. The molecule has 0 spiro atoms. The molecule has 1 aromatic rings. The highest BCUT2D eigenvalue weighted by atomic mass is 35.5. The summed E-state index contributed by atoms with van der Waals surface area (Å²) < 4.78 is 5.57. The predicted octanol–water partition coefficient (Wildman–Crippen LogP) is 3.34. The molecule has 2 N–H and O–H groups in total. The first-order chi connectivity index (χ1) is 7.66. The summed E-state index contributed by atoms with van der Waals surface area (Å²) in [6.07, 6.45) is 4.19. The van der Waals surface area contributed by atoms with E-state index < -0.39 is 0 Å². The van der Waals surface area contributed by atoms with Crippen LogP contribution in [0.15, 0.2) is 30.0 Å². The van der Waals surface area contributed by atoms with Gasteiger partial charge in [0.25, 0.3) is 0 Å². The molecule has 0 radical (unpaired) electrons. The van der Waals surface area contributed by atoms with Crippen LogP contribution < -0.4 is 5.73 Å². The van der Waals surface area contributed by atoms with E-state index in [9.17, 15) is 0 Å². The molecule has 86 valence electrons. The number of hydrogen-bond acceptors (Lipinski definition) is 2. The molecule has 1 aliphatic heterocycles. The van der Waals surface area contributed by atoms with Crippen LogP contribution in [0.2, 0.25) is 5.02 Å². The van der Waals surface area contributed by atoms with E-state index in [1.807, 2.05) is 19.1 Å². The molecule has 0 aromatic heterocycles. The van der Waals surface area contributed by atoms with E-state index in [0.717, 1.165) is 41.4 Å². The van der Waals surface area contributed by atoms with Gasteiger partial charge in [-0.2, -0.15) is 0 Å². The number of benzene rings is 1. The number of ether oxygens (including phenoxy) is 1. The van der Waals surface area contributed by atoms with E-state index in [1.54, 1.807) is 0 Å². The fraction of sp³-hybridized carbons (Fsp3) is 0.385. The second-order valence-corrected chi connectivity index (χ2v) is 4.57. The van der Waals surface area contributed by atoms with Crippen molar-refractivity contribution in [3.8, 4) is 0 Å². The van der Waals surface area contributed by atoms with Crippen LogP contribution in [0, 0.1) is 6.92 Å². The van der Waals surface area contributed by atoms with E-state index in [4.69, 9.17) is 22.1 Å². The minimum atomic E-state index is -0.197. The van der Waals surface area contributed by atoms with Crippen LogP contribution >= 0.6 is 11.6 Å². The van der Waals surface area contributed by atoms with E-state index in [2.05, 4.69) is 12.1 Å². The molecule has 0 bridgehead atoms. The second-order valence-electron chi connectivity index (χ2n) is 4.14. The van der Waals surface area contributed by atoms with Crippen LogP contribution in [-0.2, 0) is 4.74 Å². The first-order valence-electron chi connectivity index (χ1n) is 5.52. The molecule has 1 aliphatic rings. The van der Waals surface area contributed by atoms with Crippen molar-refractivity contribution in [1.29, 1.82) is 0 Å². The molecule has 2 rings (SSSR count). The Labute approximate surface area is 101 Å². The smallest absolute Gasteiger partial charge is 0.113 e. The summed E-state index contributed by atoms with van der Waals surface area (Å²) in [5, 5.41) is 0.724. The Morgan fingerprint density at radius 1 is 1.38 bits per heavy atom. The van der Waals surface area contributed by atoms with Crippen molar-refractivity contribution in [1.82, 2.24) is 0 Å². The summed E-state index contributed by atoms with van der Waals surface area (Å²) in [4.78, 5) is 0. The molecule has 1 atom stereocenters. The van der Waals surface area contributed by atoms with Crippen LogP contribution in [-0.4, -0.2) is 6.61 Å². The fourth-order valence-corrected chi connectivity index (χ4v) is 2.20. The van der Waals surface area contributed by atoms with E-state index in [-0.39, 0.29) is 6.04 Å². The first-order valence-corrected chi connectivity index (χ1v) is 5.90. The number of nitrogens with two attached hydrogens (primary N) is 1. The number of halogens is 1. The molecule has 1 heterocycles. The van der Waals surface area contributed by atoms with Crippen molar-refractivity contribution in [3.63, 3.8) is 0 Å². The summed E-state index contributed by atoms with van der Waals surface area (Å²) in [5.74, 6) is 0.868. The van der Waals surface area contributed by atoms with Crippen LogP contribution in [0.25, 0.3) is 0 Å². The molecular weight excluding hydrogens is 222 g/mol. The molecular formula is C13H16ClNO. The Morgan fingerprint density at radius 2 is 2.19 bits per heavy atom. The molecule has 0 fully saturated rings. The molecule has 1 aromatic carbocycles. The highest BCUT2D eigenvalue weighted by Crippen LogP contribution is 2.26. The summed E-state index contributed by atoms with van der Waals surface area (Å²) in [5.41, 5.74) is 8.29. The molecule has 2 nitrogen and oxygen atoms in total. The van der Waals surface area contributed by atoms with Crippen molar-refractivity contribution in [3.05, 3.63) is 46.2 Å². The number of rotatable bonds is 2. The Hall–Kier alpha value is -0.990. The highest BCUT2D eigenvalue weighted by Gasteiger charge is 2.16. The van der Waals surface area contributed by atoms with Crippen molar-refractivity contribution in [2.45, 2.75) is 25.8 Å². The van der Waals surface area contributed by atoms with Gasteiger partial charge in [0.15, 0.2) is 0 Å². The lowest BCUT2D eigenvalue weighted by atomic mass is 10.0. The summed E-state index contributed by atoms with van der Waals surface area (Å²) in [6.45, 7) is 2.78. The van der Waals surface area contributed by atoms with Gasteiger partial charge in [0, 0.05) is 5.02 Å². The van der Waals surface area contributed by atoms with Crippen LogP contribution in [0.1, 0.15) is 30.0 Å². The Balaban J connectivity index is 2.25. The summed E-state index contributed by atoms with van der Waals surface area (Å²) >= 11 is 6.02. The van der Waals surface area contributed by atoms with Crippen molar-refractivity contribution in [2.24, 2.45) is 5.73 Å². The third kappa shape index (κ3) is 2.57. The number of hydrogen-bond donors (Lipinski definition) is 1. The minimum Gasteiger partial charge on any atom is -0.496 e. The van der Waals surface area contributed by atoms with Gasteiger partial charge in [-0.1, -0.05) is 17.7 Å². The minimum absolute atomic E-state index is 0.197. The van der Waals surface area contributed by atoms with Crippen LogP contribution in [0.4, 0.5) is 0 Å². The number of aryl methyl sites for hydroxylation is 1. The van der Waals surface area contributed by atoms with Crippen molar-refractivity contribution in [2.75, 3.05) is 6.61 Å². The maximum Gasteiger partial charge on any atom is 0.113 e. The normalized spacial score (nSPS) is 17.6. The standard InChI is InChI=1S/C13H16ClNO/c1-9-6-10(8-11(14)7-9)13(15)12-4-2-3-5-16-12/h4,6-8,13H,2-3,5,15H2,1H3. The zero-order valence-electron chi connectivity index (χ0n) is 9.37. The quantitative estimate of drug-likeness (QED) is 0.856. The van der Waals surface area contributed by atoms with Gasteiger partial charge in [-0.05, 0) is 49.1 Å². The average molecular weight is 238 g/mol. The Bertz CT molecular complexity index is 394. The third-order valence-corrected chi connectivity index (χ3v) is 2.91. The molecule has 0 saturated heterocycles. The average Bonchev–Trinajstić information content (AvgIpc) is 2.28. The first kappa shape index (κ1) is 11.5. The maximum atomic E-state index is 6.16. The zero-order chi connectivity index (χ0) is 11.5. The maximum absolute atomic E-state index is 6.16. The number of allylic oxidation sites excluding steroid dienone is 1. The summed E-state index contributed by atoms with van der Waals surface area (Å²) in [7, 11) is 0. The van der Waals surface area contributed by atoms with Gasteiger partial charge in [0.1, 0.15) is 5.76 Å². The Morgan fingerprint density at radius 3 is 2.81 bits per heavy atom. The molecule has 0 amide bonds. The monoisotopic (exact) mass is 237 g/mol. The van der Waals surface area contributed by atoms with Gasteiger partial charge in [-0.3, -0.25) is 0 Å². The zero-order valence-corrected chi connectivity index (χ0v) is 10.1. The third-order valence-electron chi connectivity index (χ3n) is 2.69. The van der Waals surface area contributed by atoms with Gasteiger partial charge in [0.05, 0.1) is 12.6 Å². The molecule has 16 heavy (non-hydrogen) atoms. The van der Waals surface area contributed by atoms with Gasteiger partial charge in [-0.25, -0.2) is 0 Å².